The average molecular weight is 174 g/mol. The van der Waals surface area contributed by atoms with Crippen molar-refractivity contribution in [2.45, 2.75) is 13.3 Å². The lowest BCUT2D eigenvalue weighted by molar-refractivity contribution is 0.0988. The van der Waals surface area contributed by atoms with Crippen molar-refractivity contribution in [3.05, 3.63) is 29.3 Å². The summed E-state index contributed by atoms with van der Waals surface area (Å²) >= 11 is 0. The highest BCUT2D eigenvalue weighted by molar-refractivity contribution is 5.99. The molecule has 0 spiro atoms. The first kappa shape index (κ1) is 9.27. The Hall–Kier alpha value is -1.82. The first-order valence-electron chi connectivity index (χ1n) is 4.02. The summed E-state index contributed by atoms with van der Waals surface area (Å²) in [4.78, 5) is 11.3. The van der Waals surface area contributed by atoms with Crippen LogP contribution in [0.15, 0.2) is 18.2 Å². The molecule has 0 unspecified atom stereocenters. The van der Waals surface area contributed by atoms with Gasteiger partial charge in [-0.05, 0) is 12.1 Å². The summed E-state index contributed by atoms with van der Waals surface area (Å²) in [5, 5.41) is 8.76. The maximum atomic E-state index is 11.3. The van der Waals surface area contributed by atoms with Crippen LogP contribution < -0.4 is 5.73 Å². The number of nitrogens with two attached hydrogens (primary N) is 1. The summed E-state index contributed by atoms with van der Waals surface area (Å²) in [7, 11) is 0. The van der Waals surface area contributed by atoms with Crippen LogP contribution in [0.1, 0.15) is 29.3 Å². The first-order chi connectivity index (χ1) is 6.20. The summed E-state index contributed by atoms with van der Waals surface area (Å²) < 4.78 is 0. The van der Waals surface area contributed by atoms with E-state index in [1.807, 2.05) is 6.07 Å². The third-order valence-electron chi connectivity index (χ3n) is 1.83. The molecule has 0 aromatic heterocycles. The molecule has 66 valence electrons. The molecule has 0 bridgehead atoms. The number of nitrogen functional groups attached to an aromatic ring is 1. The number of nitrogens with zero attached hydrogens (tertiary/aromatic N) is 1. The molecule has 1 aromatic rings. The minimum atomic E-state index is -0.0520. The molecule has 0 radical (unpaired) electrons. The normalized spacial score (nSPS) is 9.23. The standard InChI is InChI=1S/C10H10N2O/c1-2-10(13)7-4-3-5-9(12)8(7)6-11/h3-5H,2,12H2,1H3. The molecule has 1 rings (SSSR count). The van der Waals surface area contributed by atoms with Gasteiger partial charge >= 0.3 is 0 Å². The largest absolute Gasteiger partial charge is 0.398 e. The van der Waals surface area contributed by atoms with E-state index in [1.54, 1.807) is 25.1 Å². The Morgan fingerprint density at radius 2 is 2.31 bits per heavy atom. The quantitative estimate of drug-likeness (QED) is 0.548. The molecule has 0 aliphatic heterocycles. The molecule has 3 nitrogen and oxygen atoms in total. The van der Waals surface area contributed by atoms with Crippen LogP contribution in [-0.2, 0) is 0 Å². The Morgan fingerprint density at radius 3 is 2.85 bits per heavy atom. The van der Waals surface area contributed by atoms with Crippen molar-refractivity contribution in [1.82, 2.24) is 0 Å². The molecule has 0 fully saturated rings. The molecular formula is C10H10N2O. The zero-order chi connectivity index (χ0) is 9.84. The number of benzene rings is 1. The molecule has 2 N–H and O–H groups in total. The van der Waals surface area contributed by atoms with E-state index in [2.05, 4.69) is 0 Å². The van der Waals surface area contributed by atoms with Crippen molar-refractivity contribution in [3.8, 4) is 6.07 Å². The second kappa shape index (κ2) is 3.72. The van der Waals surface area contributed by atoms with Crippen molar-refractivity contribution in [3.63, 3.8) is 0 Å². The van der Waals surface area contributed by atoms with Crippen molar-refractivity contribution < 1.29 is 4.79 Å². The zero-order valence-electron chi connectivity index (χ0n) is 7.37. The average Bonchev–Trinajstić information content (AvgIpc) is 2.16. The van der Waals surface area contributed by atoms with E-state index in [9.17, 15) is 4.79 Å². The highest BCUT2D eigenvalue weighted by atomic mass is 16.1. The highest BCUT2D eigenvalue weighted by Crippen LogP contribution is 2.16. The molecule has 13 heavy (non-hydrogen) atoms. The lowest BCUT2D eigenvalue weighted by atomic mass is 10.0. The van der Waals surface area contributed by atoms with Crippen molar-refractivity contribution in [2.24, 2.45) is 0 Å². The Balaban J connectivity index is 3.30. The van der Waals surface area contributed by atoms with Gasteiger partial charge in [0.15, 0.2) is 5.78 Å². The van der Waals surface area contributed by atoms with Crippen LogP contribution in [0, 0.1) is 11.3 Å². The maximum absolute atomic E-state index is 11.3. The molecule has 0 heterocycles. The Labute approximate surface area is 76.8 Å². The fraction of sp³-hybridized carbons (Fsp3) is 0.200. The first-order valence-corrected chi connectivity index (χ1v) is 4.02. The highest BCUT2D eigenvalue weighted by Gasteiger charge is 2.10. The van der Waals surface area contributed by atoms with E-state index in [1.165, 1.54) is 0 Å². The molecule has 1 aromatic carbocycles. The van der Waals surface area contributed by atoms with Gasteiger partial charge in [0.05, 0.1) is 11.3 Å². The van der Waals surface area contributed by atoms with E-state index in [4.69, 9.17) is 11.0 Å². The van der Waals surface area contributed by atoms with Gasteiger partial charge in [-0.15, -0.1) is 0 Å². The number of rotatable bonds is 2. The third-order valence-corrected chi connectivity index (χ3v) is 1.83. The predicted molar refractivity (Wildman–Crippen MR) is 50.2 cm³/mol. The van der Waals surface area contributed by atoms with Gasteiger partial charge in [0.2, 0.25) is 0 Å². The monoisotopic (exact) mass is 174 g/mol. The van der Waals surface area contributed by atoms with Gasteiger partial charge in [0, 0.05) is 12.0 Å². The van der Waals surface area contributed by atoms with E-state index in [0.717, 1.165) is 0 Å². The summed E-state index contributed by atoms with van der Waals surface area (Å²) in [5.41, 5.74) is 6.62. The molecule has 0 saturated heterocycles. The smallest absolute Gasteiger partial charge is 0.164 e. The van der Waals surface area contributed by atoms with E-state index in [-0.39, 0.29) is 11.3 Å². The molecular weight excluding hydrogens is 164 g/mol. The van der Waals surface area contributed by atoms with Gasteiger partial charge in [0.25, 0.3) is 0 Å². The third kappa shape index (κ3) is 1.67. The lowest BCUT2D eigenvalue weighted by Crippen LogP contribution is -2.02. The van der Waals surface area contributed by atoms with Gasteiger partial charge in [-0.25, -0.2) is 0 Å². The summed E-state index contributed by atoms with van der Waals surface area (Å²) in [5.74, 6) is -0.0520. The Morgan fingerprint density at radius 1 is 1.62 bits per heavy atom. The summed E-state index contributed by atoms with van der Waals surface area (Å²) in [6.45, 7) is 1.76. The van der Waals surface area contributed by atoms with Crippen LogP contribution >= 0.6 is 0 Å². The number of carbonyl (C=O) groups is 1. The Kier molecular flexibility index (Phi) is 2.65. The predicted octanol–water partition coefficient (Wildman–Crippen LogP) is 1.73. The van der Waals surface area contributed by atoms with Gasteiger partial charge in [-0.3, -0.25) is 4.79 Å². The zero-order valence-corrected chi connectivity index (χ0v) is 7.37. The minimum Gasteiger partial charge on any atom is -0.398 e. The maximum Gasteiger partial charge on any atom is 0.164 e. The van der Waals surface area contributed by atoms with Crippen LogP contribution in [0.5, 0.6) is 0 Å². The number of carbonyl (C=O) groups excluding carboxylic acids is 1. The Bertz CT molecular complexity index is 377. The molecule has 0 aliphatic carbocycles. The second-order valence-corrected chi connectivity index (χ2v) is 2.66. The number of hydrogen-bond acceptors (Lipinski definition) is 3. The number of hydrogen-bond donors (Lipinski definition) is 1. The van der Waals surface area contributed by atoms with Crippen molar-refractivity contribution >= 4 is 11.5 Å². The van der Waals surface area contributed by atoms with Crippen LogP contribution in [0.3, 0.4) is 0 Å². The van der Waals surface area contributed by atoms with Gasteiger partial charge in [-0.1, -0.05) is 13.0 Å². The fourth-order valence-electron chi connectivity index (χ4n) is 1.12. The van der Waals surface area contributed by atoms with Gasteiger partial charge in [-0.2, -0.15) is 5.26 Å². The number of nitriles is 1. The summed E-state index contributed by atoms with van der Waals surface area (Å²) in [6, 6.07) is 6.85. The van der Waals surface area contributed by atoms with Crippen LogP contribution in [0.4, 0.5) is 5.69 Å². The molecule has 0 aliphatic rings. The van der Waals surface area contributed by atoms with E-state index in [0.29, 0.717) is 17.7 Å². The number of Topliss-reactive ketones (excluding diaryl/α,β-unsaturated/α-hetero) is 1. The fourth-order valence-corrected chi connectivity index (χ4v) is 1.12. The van der Waals surface area contributed by atoms with E-state index >= 15 is 0 Å². The van der Waals surface area contributed by atoms with Crippen molar-refractivity contribution in [1.29, 1.82) is 5.26 Å². The van der Waals surface area contributed by atoms with Crippen LogP contribution in [0.25, 0.3) is 0 Å². The number of anilines is 1. The SMILES string of the molecule is CCC(=O)c1cccc(N)c1C#N. The van der Waals surface area contributed by atoms with Gasteiger partial charge in [0.1, 0.15) is 6.07 Å². The molecule has 0 saturated carbocycles. The van der Waals surface area contributed by atoms with E-state index < -0.39 is 0 Å². The molecule has 0 amide bonds. The lowest BCUT2D eigenvalue weighted by Gasteiger charge is -2.02. The van der Waals surface area contributed by atoms with Gasteiger partial charge < -0.3 is 5.73 Å². The molecule has 0 atom stereocenters. The topological polar surface area (TPSA) is 66.9 Å². The summed E-state index contributed by atoms with van der Waals surface area (Å²) in [6.07, 6.45) is 0.387. The van der Waals surface area contributed by atoms with Crippen molar-refractivity contribution in [2.75, 3.05) is 5.73 Å². The van der Waals surface area contributed by atoms with Crippen LogP contribution in [0.2, 0.25) is 0 Å². The van der Waals surface area contributed by atoms with Crippen LogP contribution in [-0.4, -0.2) is 5.78 Å². The number of ketones is 1. The second-order valence-electron chi connectivity index (χ2n) is 2.66. The minimum absolute atomic E-state index is 0.0520. The molecule has 3 heteroatoms.